The molecule has 2 rings (SSSR count). The normalized spacial score (nSPS) is 18.5. The predicted molar refractivity (Wildman–Crippen MR) is 64.5 cm³/mol. The van der Waals surface area contributed by atoms with Gasteiger partial charge < -0.3 is 10.1 Å². The average molecular weight is 238 g/mol. The first-order valence-electron chi connectivity index (χ1n) is 6.14. The number of nitrogens with zero attached hydrogens (tertiary/aromatic N) is 1. The fourth-order valence-electron chi connectivity index (χ4n) is 2.22. The van der Waals surface area contributed by atoms with Crippen molar-refractivity contribution in [1.82, 2.24) is 10.4 Å². The van der Waals surface area contributed by atoms with Gasteiger partial charge in [-0.15, -0.1) is 0 Å². The highest BCUT2D eigenvalue weighted by Crippen LogP contribution is 2.11. The van der Waals surface area contributed by atoms with Crippen LogP contribution in [-0.2, 0) is 6.42 Å². The summed E-state index contributed by atoms with van der Waals surface area (Å²) in [6.45, 7) is 3.03. The zero-order valence-electron chi connectivity index (χ0n) is 9.90. The first-order valence-corrected chi connectivity index (χ1v) is 6.14. The van der Waals surface area contributed by atoms with E-state index in [4.69, 9.17) is 5.21 Å². The third kappa shape index (κ3) is 3.77. The fourth-order valence-corrected chi connectivity index (χ4v) is 2.22. The second kappa shape index (κ2) is 6.10. The van der Waals surface area contributed by atoms with Crippen LogP contribution in [0, 0.1) is 5.82 Å². The van der Waals surface area contributed by atoms with Crippen LogP contribution in [0.1, 0.15) is 18.4 Å². The molecule has 0 amide bonds. The van der Waals surface area contributed by atoms with Crippen LogP contribution < -0.4 is 5.48 Å². The third-order valence-corrected chi connectivity index (χ3v) is 3.40. The van der Waals surface area contributed by atoms with E-state index < -0.39 is 0 Å². The summed E-state index contributed by atoms with van der Waals surface area (Å²) in [4.78, 5) is 2.39. The van der Waals surface area contributed by atoms with E-state index in [1.54, 1.807) is 0 Å². The Bertz CT molecular complexity index is 334. The summed E-state index contributed by atoms with van der Waals surface area (Å²) in [5.74, 6) is -0.177. The summed E-state index contributed by atoms with van der Waals surface area (Å²) in [6, 6.07) is 6.96. The number of benzene rings is 1. The Labute approximate surface area is 101 Å². The van der Waals surface area contributed by atoms with Crippen molar-refractivity contribution in [2.45, 2.75) is 25.3 Å². The van der Waals surface area contributed by atoms with Crippen LogP contribution in [0.3, 0.4) is 0 Å². The minimum Gasteiger partial charge on any atom is -0.317 e. The summed E-state index contributed by atoms with van der Waals surface area (Å²) in [7, 11) is 0. The maximum atomic E-state index is 12.7. The number of hydrogen-bond acceptors (Lipinski definition) is 3. The van der Waals surface area contributed by atoms with Gasteiger partial charge in [0.05, 0.1) is 0 Å². The molecular formula is C13H19FN2O. The highest BCUT2D eigenvalue weighted by atomic mass is 19.1. The van der Waals surface area contributed by atoms with Crippen LogP contribution in [0.15, 0.2) is 24.3 Å². The molecule has 0 spiro atoms. The lowest BCUT2D eigenvalue weighted by molar-refractivity contribution is 0.0831. The molecule has 1 fully saturated rings. The lowest BCUT2D eigenvalue weighted by atomic mass is 10.0. The Hall–Kier alpha value is -0.970. The standard InChI is InChI=1S/C13H19FN2O/c14-12-3-1-11(2-4-12)5-8-16-9-6-13(15-17)7-10-16/h1-4,13,15,17H,5-10H2. The summed E-state index contributed by atoms with van der Waals surface area (Å²) >= 11 is 0. The molecule has 0 saturated carbocycles. The SMILES string of the molecule is ONC1CCN(CCc2ccc(F)cc2)CC1. The molecule has 0 unspecified atom stereocenters. The molecule has 1 aromatic carbocycles. The smallest absolute Gasteiger partial charge is 0.123 e. The maximum Gasteiger partial charge on any atom is 0.123 e. The molecule has 1 aliphatic heterocycles. The van der Waals surface area contributed by atoms with Gasteiger partial charge in [0.15, 0.2) is 0 Å². The van der Waals surface area contributed by atoms with E-state index in [0.717, 1.165) is 38.9 Å². The Morgan fingerprint density at radius 3 is 2.47 bits per heavy atom. The third-order valence-electron chi connectivity index (χ3n) is 3.40. The van der Waals surface area contributed by atoms with Crippen LogP contribution in [-0.4, -0.2) is 35.8 Å². The molecule has 3 nitrogen and oxygen atoms in total. The molecule has 1 saturated heterocycles. The van der Waals surface area contributed by atoms with Crippen molar-refractivity contribution in [3.63, 3.8) is 0 Å². The highest BCUT2D eigenvalue weighted by molar-refractivity contribution is 5.16. The van der Waals surface area contributed by atoms with Gasteiger partial charge >= 0.3 is 0 Å². The van der Waals surface area contributed by atoms with Crippen molar-refractivity contribution in [3.8, 4) is 0 Å². The van der Waals surface area contributed by atoms with E-state index in [1.165, 1.54) is 17.7 Å². The van der Waals surface area contributed by atoms with E-state index >= 15 is 0 Å². The average Bonchev–Trinajstić information content (AvgIpc) is 2.39. The Morgan fingerprint density at radius 2 is 1.88 bits per heavy atom. The maximum absolute atomic E-state index is 12.7. The Morgan fingerprint density at radius 1 is 1.24 bits per heavy atom. The quantitative estimate of drug-likeness (QED) is 0.785. The van der Waals surface area contributed by atoms with Gasteiger partial charge in [-0.05, 0) is 50.0 Å². The van der Waals surface area contributed by atoms with Crippen LogP contribution in [0.25, 0.3) is 0 Å². The van der Waals surface area contributed by atoms with Crippen molar-refractivity contribution in [1.29, 1.82) is 0 Å². The fraction of sp³-hybridized carbons (Fsp3) is 0.538. The molecule has 0 aliphatic carbocycles. The van der Waals surface area contributed by atoms with Gasteiger partial charge in [-0.3, -0.25) is 0 Å². The zero-order valence-corrected chi connectivity index (χ0v) is 9.90. The number of hydrogen-bond donors (Lipinski definition) is 2. The van der Waals surface area contributed by atoms with Crippen molar-refractivity contribution in [2.75, 3.05) is 19.6 Å². The van der Waals surface area contributed by atoms with E-state index in [1.807, 2.05) is 12.1 Å². The Balaban J connectivity index is 1.74. The number of halogens is 1. The lowest BCUT2D eigenvalue weighted by Crippen LogP contribution is -2.42. The van der Waals surface area contributed by atoms with Gasteiger partial charge in [-0.1, -0.05) is 12.1 Å². The van der Waals surface area contributed by atoms with Crippen molar-refractivity contribution in [2.24, 2.45) is 0 Å². The molecule has 0 aromatic heterocycles. The molecule has 0 atom stereocenters. The second-order valence-electron chi connectivity index (χ2n) is 4.62. The summed E-state index contributed by atoms with van der Waals surface area (Å²) < 4.78 is 12.7. The number of nitrogens with one attached hydrogen (secondary N) is 1. The van der Waals surface area contributed by atoms with Crippen LogP contribution in [0.5, 0.6) is 0 Å². The second-order valence-corrected chi connectivity index (χ2v) is 4.62. The lowest BCUT2D eigenvalue weighted by Gasteiger charge is -2.31. The van der Waals surface area contributed by atoms with E-state index in [2.05, 4.69) is 10.4 Å². The number of likely N-dealkylation sites (tertiary alicyclic amines) is 1. The van der Waals surface area contributed by atoms with Crippen LogP contribution >= 0.6 is 0 Å². The molecule has 4 heteroatoms. The van der Waals surface area contributed by atoms with Gasteiger partial charge in [-0.25, -0.2) is 9.87 Å². The predicted octanol–water partition coefficient (Wildman–Crippen LogP) is 1.81. The molecule has 0 bridgehead atoms. The number of piperidine rings is 1. The molecule has 0 radical (unpaired) electrons. The van der Waals surface area contributed by atoms with Crippen molar-refractivity contribution in [3.05, 3.63) is 35.6 Å². The molecule has 1 heterocycles. The van der Waals surface area contributed by atoms with E-state index in [9.17, 15) is 4.39 Å². The number of hydroxylamine groups is 1. The van der Waals surface area contributed by atoms with Gasteiger partial charge in [0.25, 0.3) is 0 Å². The molecule has 94 valence electrons. The monoisotopic (exact) mass is 238 g/mol. The molecule has 2 N–H and O–H groups in total. The van der Waals surface area contributed by atoms with E-state index in [-0.39, 0.29) is 11.9 Å². The van der Waals surface area contributed by atoms with Gasteiger partial charge in [0, 0.05) is 12.6 Å². The summed E-state index contributed by atoms with van der Waals surface area (Å²) in [5.41, 5.74) is 3.51. The largest absolute Gasteiger partial charge is 0.317 e. The molecule has 17 heavy (non-hydrogen) atoms. The van der Waals surface area contributed by atoms with Crippen LogP contribution in [0.4, 0.5) is 4.39 Å². The van der Waals surface area contributed by atoms with Gasteiger partial charge in [0.2, 0.25) is 0 Å². The molecule has 1 aliphatic rings. The van der Waals surface area contributed by atoms with Gasteiger partial charge in [-0.2, -0.15) is 0 Å². The highest BCUT2D eigenvalue weighted by Gasteiger charge is 2.17. The van der Waals surface area contributed by atoms with Crippen molar-refractivity contribution >= 4 is 0 Å². The Kier molecular flexibility index (Phi) is 4.48. The van der Waals surface area contributed by atoms with Crippen molar-refractivity contribution < 1.29 is 9.60 Å². The summed E-state index contributed by atoms with van der Waals surface area (Å²) in [6.07, 6.45) is 2.93. The number of rotatable bonds is 4. The van der Waals surface area contributed by atoms with E-state index in [0.29, 0.717) is 0 Å². The summed E-state index contributed by atoms with van der Waals surface area (Å²) in [5, 5.41) is 8.81. The zero-order chi connectivity index (χ0) is 12.1. The minimum absolute atomic E-state index is 0.177. The topological polar surface area (TPSA) is 35.5 Å². The van der Waals surface area contributed by atoms with Gasteiger partial charge in [0.1, 0.15) is 5.82 Å². The first-order chi connectivity index (χ1) is 8.28. The molecule has 1 aromatic rings. The molecular weight excluding hydrogens is 219 g/mol. The minimum atomic E-state index is -0.177. The first kappa shape index (κ1) is 12.5. The van der Waals surface area contributed by atoms with Crippen LogP contribution in [0.2, 0.25) is 0 Å².